The van der Waals surface area contributed by atoms with E-state index in [0.717, 1.165) is 19.1 Å². The van der Waals surface area contributed by atoms with Gasteiger partial charge in [-0.1, -0.05) is 6.07 Å². The third-order valence-electron chi connectivity index (χ3n) is 3.68. The van der Waals surface area contributed by atoms with E-state index in [1.165, 1.54) is 18.2 Å². The lowest BCUT2D eigenvalue weighted by atomic mass is 10.2. The number of halogens is 3. The molecule has 0 heterocycles. The number of ether oxygens (including phenoxy) is 1. The first-order chi connectivity index (χ1) is 14.1. The molecule has 2 aromatic carbocycles. The Labute approximate surface area is 167 Å². The van der Waals surface area contributed by atoms with Crippen molar-refractivity contribution >= 4 is 29.2 Å². The third-order valence-corrected chi connectivity index (χ3v) is 3.68. The number of nitrogens with one attached hydrogen (secondary N) is 2. The minimum Gasteiger partial charge on any atom is -0.451 e. The summed E-state index contributed by atoms with van der Waals surface area (Å²) >= 11 is 0. The summed E-state index contributed by atoms with van der Waals surface area (Å²) in [6.07, 6.45) is -1.46. The number of amides is 2. The quantitative estimate of drug-likeness (QED) is 0.303. The summed E-state index contributed by atoms with van der Waals surface area (Å²) < 4.78 is 44.4. The van der Waals surface area contributed by atoms with Gasteiger partial charge in [0.15, 0.2) is 23.6 Å². The lowest BCUT2D eigenvalue weighted by molar-refractivity contribution is -0.384. The number of nitro groups is 1. The number of carbonyl (C=O) groups is 3. The van der Waals surface area contributed by atoms with E-state index in [1.807, 2.05) is 5.32 Å². The average molecular weight is 425 g/mol. The van der Waals surface area contributed by atoms with Crippen LogP contribution in [0.4, 0.5) is 24.5 Å². The number of hydrogen-bond donors (Lipinski definition) is 2. The van der Waals surface area contributed by atoms with Crippen molar-refractivity contribution in [2.75, 3.05) is 11.9 Å². The molecule has 2 amide bonds. The molecule has 0 saturated carbocycles. The molecule has 9 nitrogen and oxygen atoms in total. The molecule has 0 bridgehead atoms. The number of carbonyl (C=O) groups excluding carboxylic acids is 3. The maximum Gasteiger partial charge on any atom is 0.326 e. The van der Waals surface area contributed by atoms with E-state index in [4.69, 9.17) is 4.74 Å². The van der Waals surface area contributed by atoms with Gasteiger partial charge in [-0.25, -0.2) is 13.2 Å². The lowest BCUT2D eigenvalue weighted by Crippen LogP contribution is -2.36. The second kappa shape index (κ2) is 9.49. The summed E-state index contributed by atoms with van der Waals surface area (Å²) in [5.41, 5.74) is -1.04. The van der Waals surface area contributed by atoms with E-state index in [-0.39, 0.29) is 11.3 Å². The van der Waals surface area contributed by atoms with Gasteiger partial charge < -0.3 is 15.4 Å². The highest BCUT2D eigenvalue weighted by molar-refractivity contribution is 5.97. The van der Waals surface area contributed by atoms with Crippen LogP contribution < -0.4 is 10.6 Å². The van der Waals surface area contributed by atoms with Crippen LogP contribution in [0, 0.1) is 27.6 Å². The van der Waals surface area contributed by atoms with E-state index >= 15 is 0 Å². The monoisotopic (exact) mass is 425 g/mol. The Hall–Kier alpha value is -3.96. The number of anilines is 1. The Balaban J connectivity index is 1.89. The van der Waals surface area contributed by atoms with Gasteiger partial charge in [-0.15, -0.1) is 0 Å². The molecule has 0 aliphatic carbocycles. The number of rotatable bonds is 7. The Kier molecular flexibility index (Phi) is 7.07. The summed E-state index contributed by atoms with van der Waals surface area (Å²) in [5, 5.41) is 14.8. The number of nitro benzene ring substituents is 1. The predicted molar refractivity (Wildman–Crippen MR) is 95.9 cm³/mol. The minimum absolute atomic E-state index is 0.0726. The summed E-state index contributed by atoms with van der Waals surface area (Å²) in [6, 6.07) is 6.16. The molecule has 0 spiro atoms. The minimum atomic E-state index is -1.78. The fourth-order valence-corrected chi connectivity index (χ4v) is 2.16. The molecule has 2 rings (SSSR count). The molecular formula is C18H14F3N3O6. The van der Waals surface area contributed by atoms with Gasteiger partial charge in [-0.05, 0) is 25.1 Å². The maximum absolute atomic E-state index is 13.6. The smallest absolute Gasteiger partial charge is 0.326 e. The van der Waals surface area contributed by atoms with Crippen molar-refractivity contribution in [3.63, 3.8) is 0 Å². The second-order valence-electron chi connectivity index (χ2n) is 5.83. The molecule has 0 radical (unpaired) electrons. The molecule has 2 N–H and O–H groups in total. The zero-order valence-electron chi connectivity index (χ0n) is 15.3. The summed E-state index contributed by atoms with van der Waals surface area (Å²) in [6.45, 7) is 0.464. The zero-order valence-corrected chi connectivity index (χ0v) is 15.3. The Morgan fingerprint density at radius 2 is 1.83 bits per heavy atom. The van der Waals surface area contributed by atoms with Crippen molar-refractivity contribution in [1.82, 2.24) is 5.32 Å². The first-order valence-electron chi connectivity index (χ1n) is 8.26. The fourth-order valence-electron chi connectivity index (χ4n) is 2.16. The first-order valence-corrected chi connectivity index (χ1v) is 8.26. The normalized spacial score (nSPS) is 11.3. The van der Waals surface area contributed by atoms with Crippen LogP contribution in [0.5, 0.6) is 0 Å². The third kappa shape index (κ3) is 5.53. The van der Waals surface area contributed by atoms with Crippen LogP contribution in [-0.4, -0.2) is 35.4 Å². The average Bonchev–Trinajstić information content (AvgIpc) is 2.72. The number of non-ortho nitro benzene ring substituents is 1. The summed E-state index contributed by atoms with van der Waals surface area (Å²) in [7, 11) is 0. The Morgan fingerprint density at radius 3 is 2.50 bits per heavy atom. The van der Waals surface area contributed by atoms with Gasteiger partial charge in [0, 0.05) is 17.7 Å². The van der Waals surface area contributed by atoms with Crippen molar-refractivity contribution in [2.45, 2.75) is 13.0 Å². The van der Waals surface area contributed by atoms with Gasteiger partial charge in [-0.2, -0.15) is 0 Å². The van der Waals surface area contributed by atoms with Gasteiger partial charge in [-0.3, -0.25) is 24.5 Å². The second-order valence-corrected chi connectivity index (χ2v) is 5.83. The Bertz CT molecular complexity index is 1010. The van der Waals surface area contributed by atoms with Gasteiger partial charge in [0.05, 0.1) is 10.6 Å². The molecule has 2 aromatic rings. The van der Waals surface area contributed by atoms with Crippen molar-refractivity contribution < 1.29 is 37.2 Å². The number of hydrogen-bond acceptors (Lipinski definition) is 6. The van der Waals surface area contributed by atoms with E-state index < -0.39 is 58.5 Å². The largest absolute Gasteiger partial charge is 0.451 e. The summed E-state index contributed by atoms with van der Waals surface area (Å²) in [4.78, 5) is 45.7. The molecule has 1 atom stereocenters. The molecule has 0 aliphatic rings. The van der Waals surface area contributed by atoms with E-state index in [1.54, 1.807) is 0 Å². The van der Waals surface area contributed by atoms with Crippen LogP contribution in [0.1, 0.15) is 17.3 Å². The van der Waals surface area contributed by atoms with Crippen molar-refractivity contribution in [2.24, 2.45) is 0 Å². The van der Waals surface area contributed by atoms with Gasteiger partial charge in [0.1, 0.15) is 6.54 Å². The lowest BCUT2D eigenvalue weighted by Gasteiger charge is -2.14. The number of esters is 1. The van der Waals surface area contributed by atoms with Crippen LogP contribution in [-0.2, 0) is 14.3 Å². The topological polar surface area (TPSA) is 128 Å². The standard InChI is InChI=1S/C18H14F3N3O6/c1-9(17(26)23-13-6-5-12(19)15(20)16(13)21)30-14(25)8-22-18(27)10-3-2-4-11(7-10)24(28)29/h2-7,9H,8H2,1H3,(H,22,27)(H,23,26)/t9-/m0/s1. The predicted octanol–water partition coefficient (Wildman–Crippen LogP) is 2.31. The molecule has 0 saturated heterocycles. The maximum atomic E-state index is 13.6. The van der Waals surface area contributed by atoms with Crippen molar-refractivity contribution in [3.05, 3.63) is 69.5 Å². The van der Waals surface area contributed by atoms with Crippen LogP contribution in [0.15, 0.2) is 36.4 Å². The molecule has 0 fully saturated rings. The Morgan fingerprint density at radius 1 is 1.13 bits per heavy atom. The highest BCUT2D eigenvalue weighted by Crippen LogP contribution is 2.20. The van der Waals surface area contributed by atoms with Crippen LogP contribution in [0.25, 0.3) is 0 Å². The molecule has 0 aliphatic heterocycles. The van der Waals surface area contributed by atoms with E-state index in [9.17, 15) is 37.7 Å². The van der Waals surface area contributed by atoms with E-state index in [2.05, 4.69) is 5.32 Å². The fraction of sp³-hybridized carbons (Fsp3) is 0.167. The van der Waals surface area contributed by atoms with Gasteiger partial charge in [0.25, 0.3) is 17.5 Å². The first kappa shape index (κ1) is 22.3. The molecule has 12 heteroatoms. The molecular weight excluding hydrogens is 411 g/mol. The molecule has 0 unspecified atom stereocenters. The van der Waals surface area contributed by atoms with Crippen LogP contribution >= 0.6 is 0 Å². The van der Waals surface area contributed by atoms with Gasteiger partial charge >= 0.3 is 5.97 Å². The van der Waals surface area contributed by atoms with Crippen LogP contribution in [0.3, 0.4) is 0 Å². The molecule has 0 aromatic heterocycles. The zero-order chi connectivity index (χ0) is 22.4. The van der Waals surface area contributed by atoms with Gasteiger partial charge in [0.2, 0.25) is 0 Å². The van der Waals surface area contributed by atoms with Crippen molar-refractivity contribution in [1.29, 1.82) is 0 Å². The molecule has 30 heavy (non-hydrogen) atoms. The SMILES string of the molecule is C[C@H](OC(=O)CNC(=O)c1cccc([N+](=O)[O-])c1)C(=O)Nc1ccc(F)c(F)c1F. The summed E-state index contributed by atoms with van der Waals surface area (Å²) in [5.74, 6) is -7.70. The highest BCUT2D eigenvalue weighted by Gasteiger charge is 2.22. The highest BCUT2D eigenvalue weighted by atomic mass is 19.2. The molecule has 158 valence electrons. The number of benzene rings is 2. The van der Waals surface area contributed by atoms with Crippen molar-refractivity contribution in [3.8, 4) is 0 Å². The van der Waals surface area contributed by atoms with E-state index in [0.29, 0.717) is 6.07 Å². The number of nitrogens with zero attached hydrogens (tertiary/aromatic N) is 1. The van der Waals surface area contributed by atoms with Crippen LogP contribution in [0.2, 0.25) is 0 Å².